The summed E-state index contributed by atoms with van der Waals surface area (Å²) >= 11 is 5.86. The number of amides is 1. The van der Waals surface area contributed by atoms with E-state index in [2.05, 4.69) is 11.1 Å². The van der Waals surface area contributed by atoms with Crippen LogP contribution in [0.15, 0.2) is 42.6 Å². The molecule has 0 saturated carbocycles. The Labute approximate surface area is 117 Å². The number of nitrogens with zero attached hydrogens (tertiary/aromatic N) is 2. The van der Waals surface area contributed by atoms with E-state index in [0.717, 1.165) is 5.56 Å². The van der Waals surface area contributed by atoms with Crippen LogP contribution in [0, 0.1) is 6.92 Å². The lowest BCUT2D eigenvalue weighted by molar-refractivity contribution is 0.0779. The Hall–Kier alpha value is -1.87. The first-order chi connectivity index (χ1) is 9.06. The molecule has 0 bridgehead atoms. The maximum absolute atomic E-state index is 12.2. The van der Waals surface area contributed by atoms with Gasteiger partial charge in [0.15, 0.2) is 0 Å². The number of carbonyl (C=O) groups excluding carboxylic acids is 1. The van der Waals surface area contributed by atoms with Gasteiger partial charge in [-0.2, -0.15) is 0 Å². The molecule has 0 aliphatic carbocycles. The first-order valence-electron chi connectivity index (χ1n) is 5.99. The first kappa shape index (κ1) is 13.6. The molecule has 1 heterocycles. The van der Waals surface area contributed by atoms with Crippen molar-refractivity contribution in [2.24, 2.45) is 0 Å². The third-order valence-electron chi connectivity index (χ3n) is 2.79. The summed E-state index contributed by atoms with van der Waals surface area (Å²) in [7, 11) is 1.76. The number of hydrogen-bond acceptors (Lipinski definition) is 2. The van der Waals surface area contributed by atoms with Gasteiger partial charge in [0.25, 0.3) is 5.91 Å². The zero-order chi connectivity index (χ0) is 13.8. The maximum Gasteiger partial charge on any atom is 0.272 e. The summed E-state index contributed by atoms with van der Waals surface area (Å²) in [6.45, 7) is 2.58. The van der Waals surface area contributed by atoms with Crippen molar-refractivity contribution in [3.05, 3.63) is 64.4 Å². The highest BCUT2D eigenvalue weighted by molar-refractivity contribution is 6.30. The van der Waals surface area contributed by atoms with E-state index < -0.39 is 0 Å². The second-order valence-corrected chi connectivity index (χ2v) is 4.95. The van der Waals surface area contributed by atoms with Crippen molar-refractivity contribution in [2.75, 3.05) is 7.05 Å². The van der Waals surface area contributed by atoms with E-state index in [4.69, 9.17) is 11.6 Å². The maximum atomic E-state index is 12.2. The lowest BCUT2D eigenvalue weighted by Gasteiger charge is -2.17. The van der Waals surface area contributed by atoms with Crippen LogP contribution in [0.4, 0.5) is 0 Å². The fourth-order valence-corrected chi connectivity index (χ4v) is 2.03. The van der Waals surface area contributed by atoms with E-state index in [0.29, 0.717) is 17.3 Å². The van der Waals surface area contributed by atoms with Crippen molar-refractivity contribution >= 4 is 17.5 Å². The molecule has 0 spiro atoms. The molecule has 0 atom stereocenters. The smallest absolute Gasteiger partial charge is 0.272 e. The van der Waals surface area contributed by atoms with E-state index in [1.165, 1.54) is 11.8 Å². The van der Waals surface area contributed by atoms with Crippen LogP contribution in [-0.4, -0.2) is 22.8 Å². The molecule has 4 heteroatoms. The molecule has 2 rings (SSSR count). The van der Waals surface area contributed by atoms with Gasteiger partial charge in [-0.3, -0.25) is 9.78 Å². The van der Waals surface area contributed by atoms with E-state index in [9.17, 15) is 4.79 Å². The molecular weight excluding hydrogens is 260 g/mol. The van der Waals surface area contributed by atoms with Gasteiger partial charge in [0.05, 0.1) is 0 Å². The van der Waals surface area contributed by atoms with Gasteiger partial charge in [0.2, 0.25) is 0 Å². The lowest BCUT2D eigenvalue weighted by Crippen LogP contribution is -2.27. The van der Waals surface area contributed by atoms with Gasteiger partial charge in [-0.25, -0.2) is 0 Å². The molecule has 1 aromatic heterocycles. The molecule has 0 fully saturated rings. The molecule has 0 unspecified atom stereocenters. The van der Waals surface area contributed by atoms with Crippen LogP contribution in [-0.2, 0) is 6.54 Å². The molecule has 2 aromatic rings. The highest BCUT2D eigenvalue weighted by Crippen LogP contribution is 2.12. The monoisotopic (exact) mass is 274 g/mol. The van der Waals surface area contributed by atoms with Crippen LogP contribution in [0.3, 0.4) is 0 Å². The van der Waals surface area contributed by atoms with Crippen LogP contribution in [0.2, 0.25) is 5.02 Å². The minimum absolute atomic E-state index is 0.135. The molecule has 3 nitrogen and oxygen atoms in total. The Kier molecular flexibility index (Phi) is 4.17. The largest absolute Gasteiger partial charge is 0.336 e. The molecule has 0 saturated heterocycles. The zero-order valence-electron chi connectivity index (χ0n) is 10.9. The summed E-state index contributed by atoms with van der Waals surface area (Å²) in [4.78, 5) is 17.9. The minimum Gasteiger partial charge on any atom is -0.336 e. The average molecular weight is 275 g/mol. The second kappa shape index (κ2) is 5.85. The predicted molar refractivity (Wildman–Crippen MR) is 76.2 cm³/mol. The topological polar surface area (TPSA) is 33.2 Å². The average Bonchev–Trinajstić information content (AvgIpc) is 2.38. The van der Waals surface area contributed by atoms with Gasteiger partial charge >= 0.3 is 0 Å². The molecule has 1 amide bonds. The quantitative estimate of drug-likeness (QED) is 0.860. The Morgan fingerprint density at radius 2 is 2.11 bits per heavy atom. The van der Waals surface area contributed by atoms with Crippen molar-refractivity contribution < 1.29 is 4.79 Å². The van der Waals surface area contributed by atoms with Crippen molar-refractivity contribution in [1.82, 2.24) is 9.88 Å². The molecule has 0 aliphatic heterocycles. The van der Waals surface area contributed by atoms with E-state index in [1.54, 1.807) is 24.1 Å². The Bertz CT molecular complexity index is 598. The molecule has 0 radical (unpaired) electrons. The second-order valence-electron chi connectivity index (χ2n) is 4.51. The normalized spacial score (nSPS) is 10.3. The SMILES string of the molecule is Cc1cccc(CN(C)C(=O)c2cc(Cl)ccn2)c1. The van der Waals surface area contributed by atoms with Crippen LogP contribution < -0.4 is 0 Å². The number of aromatic nitrogens is 1. The van der Waals surface area contributed by atoms with Gasteiger partial charge < -0.3 is 4.90 Å². The fraction of sp³-hybridized carbons (Fsp3) is 0.200. The van der Waals surface area contributed by atoms with Gasteiger partial charge in [0, 0.05) is 24.8 Å². The summed E-state index contributed by atoms with van der Waals surface area (Å²) in [6, 6.07) is 11.3. The number of benzene rings is 1. The number of aryl methyl sites for hydroxylation is 1. The molecular formula is C15H15ClN2O. The summed E-state index contributed by atoms with van der Waals surface area (Å²) in [5.74, 6) is -0.135. The van der Waals surface area contributed by atoms with Gasteiger partial charge in [0.1, 0.15) is 5.69 Å². The van der Waals surface area contributed by atoms with Crippen LogP contribution >= 0.6 is 11.6 Å². The molecule has 19 heavy (non-hydrogen) atoms. The minimum atomic E-state index is -0.135. The van der Waals surface area contributed by atoms with Gasteiger partial charge in [-0.15, -0.1) is 0 Å². The fourth-order valence-electron chi connectivity index (χ4n) is 1.87. The van der Waals surface area contributed by atoms with E-state index in [-0.39, 0.29) is 5.91 Å². The highest BCUT2D eigenvalue weighted by atomic mass is 35.5. The van der Waals surface area contributed by atoms with Crippen LogP contribution in [0.25, 0.3) is 0 Å². The Morgan fingerprint density at radius 3 is 2.79 bits per heavy atom. The molecule has 98 valence electrons. The predicted octanol–water partition coefficient (Wildman–Crippen LogP) is 3.32. The highest BCUT2D eigenvalue weighted by Gasteiger charge is 2.13. The third kappa shape index (κ3) is 3.55. The number of carbonyl (C=O) groups is 1. The first-order valence-corrected chi connectivity index (χ1v) is 6.36. The van der Waals surface area contributed by atoms with Gasteiger partial charge in [-0.05, 0) is 24.6 Å². The van der Waals surface area contributed by atoms with Crippen molar-refractivity contribution in [1.29, 1.82) is 0 Å². The van der Waals surface area contributed by atoms with Crippen LogP contribution in [0.1, 0.15) is 21.6 Å². The van der Waals surface area contributed by atoms with E-state index in [1.807, 2.05) is 25.1 Å². The molecule has 0 N–H and O–H groups in total. The summed E-state index contributed by atoms with van der Waals surface area (Å²) in [5.41, 5.74) is 2.64. The third-order valence-corrected chi connectivity index (χ3v) is 3.03. The molecule has 1 aromatic carbocycles. The zero-order valence-corrected chi connectivity index (χ0v) is 11.7. The van der Waals surface area contributed by atoms with Gasteiger partial charge in [-0.1, -0.05) is 41.4 Å². The Balaban J connectivity index is 2.12. The molecule has 0 aliphatic rings. The number of pyridine rings is 1. The standard InChI is InChI=1S/C15H15ClN2O/c1-11-4-3-5-12(8-11)10-18(2)15(19)14-9-13(16)6-7-17-14/h3-9H,10H2,1-2H3. The lowest BCUT2D eigenvalue weighted by atomic mass is 10.1. The van der Waals surface area contributed by atoms with Crippen molar-refractivity contribution in [2.45, 2.75) is 13.5 Å². The summed E-state index contributed by atoms with van der Waals surface area (Å²) in [5, 5.41) is 0.516. The van der Waals surface area contributed by atoms with Crippen molar-refractivity contribution in [3.8, 4) is 0 Å². The van der Waals surface area contributed by atoms with E-state index >= 15 is 0 Å². The van der Waals surface area contributed by atoms with Crippen LogP contribution in [0.5, 0.6) is 0 Å². The number of halogens is 1. The van der Waals surface area contributed by atoms with Crippen molar-refractivity contribution in [3.63, 3.8) is 0 Å². The number of hydrogen-bond donors (Lipinski definition) is 0. The Morgan fingerprint density at radius 1 is 1.32 bits per heavy atom. The number of rotatable bonds is 3. The summed E-state index contributed by atoms with van der Waals surface area (Å²) in [6.07, 6.45) is 1.54. The summed E-state index contributed by atoms with van der Waals surface area (Å²) < 4.78 is 0.